The van der Waals surface area contributed by atoms with Gasteiger partial charge in [-0.15, -0.1) is 0 Å². The van der Waals surface area contributed by atoms with Gasteiger partial charge < -0.3 is 9.15 Å². The van der Waals surface area contributed by atoms with Gasteiger partial charge in [-0.05, 0) is 49.1 Å². The largest absolute Gasteiger partial charge is 0.424 e. The summed E-state index contributed by atoms with van der Waals surface area (Å²) in [4.78, 5) is 26.1. The molecule has 0 fully saturated rings. The van der Waals surface area contributed by atoms with Gasteiger partial charge in [0.25, 0.3) is 0 Å². The summed E-state index contributed by atoms with van der Waals surface area (Å²) in [6.45, 7) is 7.27. The predicted octanol–water partition coefficient (Wildman–Crippen LogP) is 5.95. The number of nitrogens with one attached hydrogen (secondary N) is 1. The molecule has 3 aromatic carbocycles. The van der Waals surface area contributed by atoms with Crippen LogP contribution in [0.2, 0.25) is 5.02 Å². The van der Waals surface area contributed by atoms with Gasteiger partial charge in [-0.2, -0.15) is 4.72 Å². The molecule has 1 heterocycles. The number of hydrogen-bond donors (Lipinski definition) is 1. The van der Waals surface area contributed by atoms with Crippen LogP contribution in [0.3, 0.4) is 0 Å². The second kappa shape index (κ2) is 11.7. The number of rotatable bonds is 9. The Kier molecular flexibility index (Phi) is 8.59. The summed E-state index contributed by atoms with van der Waals surface area (Å²) in [5.41, 5.74) is 2.82. The standard InChI is InChI=1S/C30H30ClNO6S/c1-5-19(3)28(32-39(35,36)22-13-11-18(2)12-14-22)30(34)38-27-17-26-23(16-25(27)31)20(4)24(29(33)37-26)15-21-9-7-6-8-10-21/h6-14,16-17,19,28,32H,5,15H2,1-4H3/t19-,28-/m1/s1. The van der Waals surface area contributed by atoms with E-state index in [0.29, 0.717) is 29.4 Å². The molecule has 4 aromatic rings. The maximum atomic E-state index is 13.3. The number of halogens is 1. The Hall–Kier alpha value is -3.46. The third-order valence-corrected chi connectivity index (χ3v) is 8.61. The van der Waals surface area contributed by atoms with E-state index in [1.807, 2.05) is 51.1 Å². The maximum Gasteiger partial charge on any atom is 0.340 e. The molecule has 0 amide bonds. The van der Waals surface area contributed by atoms with Gasteiger partial charge in [0, 0.05) is 23.4 Å². The minimum absolute atomic E-state index is 0.0321. The number of hydrogen-bond acceptors (Lipinski definition) is 6. The number of carbonyl (C=O) groups excluding carboxylic acids is 1. The van der Waals surface area contributed by atoms with Crippen molar-refractivity contribution in [3.63, 3.8) is 0 Å². The lowest BCUT2D eigenvalue weighted by Gasteiger charge is -2.23. The molecule has 0 saturated heterocycles. The Bertz CT molecular complexity index is 1660. The molecule has 39 heavy (non-hydrogen) atoms. The van der Waals surface area contributed by atoms with Crippen molar-refractivity contribution >= 4 is 38.6 Å². The molecule has 204 valence electrons. The van der Waals surface area contributed by atoms with E-state index in [0.717, 1.165) is 11.1 Å². The minimum atomic E-state index is -4.00. The Labute approximate surface area is 232 Å². The highest BCUT2D eigenvalue weighted by Gasteiger charge is 2.32. The summed E-state index contributed by atoms with van der Waals surface area (Å²) in [7, 11) is -4.00. The first kappa shape index (κ1) is 28.5. The lowest BCUT2D eigenvalue weighted by molar-refractivity contribution is -0.137. The number of aryl methyl sites for hydroxylation is 2. The summed E-state index contributed by atoms with van der Waals surface area (Å²) in [6, 6.07) is 17.7. The van der Waals surface area contributed by atoms with Crippen molar-refractivity contribution in [2.24, 2.45) is 5.92 Å². The van der Waals surface area contributed by atoms with E-state index in [2.05, 4.69) is 4.72 Å². The topological polar surface area (TPSA) is 103 Å². The van der Waals surface area contributed by atoms with Crippen LogP contribution < -0.4 is 15.1 Å². The fraction of sp³-hybridized carbons (Fsp3) is 0.267. The van der Waals surface area contributed by atoms with Crippen molar-refractivity contribution in [1.82, 2.24) is 4.72 Å². The Morgan fingerprint density at radius 2 is 1.72 bits per heavy atom. The van der Waals surface area contributed by atoms with Crippen LogP contribution in [-0.4, -0.2) is 20.4 Å². The highest BCUT2D eigenvalue weighted by Crippen LogP contribution is 2.33. The second-order valence-corrected chi connectivity index (χ2v) is 11.8. The Morgan fingerprint density at radius 3 is 2.36 bits per heavy atom. The van der Waals surface area contributed by atoms with Gasteiger partial charge in [0.15, 0.2) is 5.75 Å². The van der Waals surface area contributed by atoms with Crippen molar-refractivity contribution in [2.75, 3.05) is 0 Å². The van der Waals surface area contributed by atoms with Crippen LogP contribution in [0.25, 0.3) is 11.0 Å². The molecule has 2 atom stereocenters. The molecule has 0 bridgehead atoms. The fourth-order valence-electron chi connectivity index (χ4n) is 4.23. The third-order valence-electron chi connectivity index (χ3n) is 6.85. The zero-order valence-corrected chi connectivity index (χ0v) is 23.7. The highest BCUT2D eigenvalue weighted by molar-refractivity contribution is 7.89. The molecule has 0 aliphatic rings. The summed E-state index contributed by atoms with van der Waals surface area (Å²) in [5.74, 6) is -1.23. The van der Waals surface area contributed by atoms with Crippen molar-refractivity contribution < 1.29 is 22.4 Å². The molecular weight excluding hydrogens is 538 g/mol. The zero-order chi connectivity index (χ0) is 28.3. The van der Waals surface area contributed by atoms with E-state index in [9.17, 15) is 18.0 Å². The van der Waals surface area contributed by atoms with Crippen LogP contribution in [0.4, 0.5) is 0 Å². The van der Waals surface area contributed by atoms with Crippen LogP contribution in [0.1, 0.15) is 42.5 Å². The first-order chi connectivity index (χ1) is 18.5. The quantitative estimate of drug-likeness (QED) is 0.152. The molecular formula is C30H30ClNO6S. The number of sulfonamides is 1. The fourth-order valence-corrected chi connectivity index (χ4v) is 5.72. The average molecular weight is 568 g/mol. The van der Waals surface area contributed by atoms with Crippen LogP contribution in [0, 0.1) is 19.8 Å². The van der Waals surface area contributed by atoms with E-state index in [-0.39, 0.29) is 27.2 Å². The molecule has 9 heteroatoms. The molecule has 0 aliphatic heterocycles. The van der Waals surface area contributed by atoms with E-state index >= 15 is 0 Å². The zero-order valence-electron chi connectivity index (χ0n) is 22.2. The molecule has 1 aromatic heterocycles. The second-order valence-electron chi connectivity index (χ2n) is 9.65. The van der Waals surface area contributed by atoms with Gasteiger partial charge >= 0.3 is 11.6 Å². The molecule has 4 rings (SSSR count). The molecule has 0 aliphatic carbocycles. The number of benzene rings is 3. The summed E-state index contributed by atoms with van der Waals surface area (Å²) in [6.07, 6.45) is 0.914. The summed E-state index contributed by atoms with van der Waals surface area (Å²) < 4.78 is 39.7. The van der Waals surface area contributed by atoms with Crippen LogP contribution in [0.5, 0.6) is 5.75 Å². The average Bonchev–Trinajstić information content (AvgIpc) is 2.91. The lowest BCUT2D eigenvalue weighted by atomic mass is 9.99. The van der Waals surface area contributed by atoms with E-state index in [1.54, 1.807) is 25.1 Å². The van der Waals surface area contributed by atoms with Crippen LogP contribution >= 0.6 is 11.6 Å². The van der Waals surface area contributed by atoms with Crippen LogP contribution in [0.15, 0.2) is 80.8 Å². The third kappa shape index (κ3) is 6.41. The Balaban J connectivity index is 1.63. The normalized spacial score (nSPS) is 13.3. The van der Waals surface area contributed by atoms with Gasteiger partial charge in [0.05, 0.1) is 9.92 Å². The molecule has 0 spiro atoms. The lowest BCUT2D eigenvalue weighted by Crippen LogP contribution is -2.46. The SMILES string of the molecule is CC[C@@H](C)[C@@H](NS(=O)(=O)c1ccc(C)cc1)C(=O)Oc1cc2oc(=O)c(Cc3ccccc3)c(C)c2cc1Cl. The molecule has 0 radical (unpaired) electrons. The molecule has 1 N–H and O–H groups in total. The number of esters is 1. The molecule has 0 saturated carbocycles. The first-order valence-corrected chi connectivity index (χ1v) is 14.5. The maximum absolute atomic E-state index is 13.3. The summed E-state index contributed by atoms with van der Waals surface area (Å²) in [5, 5.41) is 0.742. The van der Waals surface area contributed by atoms with Gasteiger partial charge in [-0.25, -0.2) is 18.0 Å². The number of carbonyl (C=O) groups is 1. The molecule has 7 nitrogen and oxygen atoms in total. The van der Waals surface area contributed by atoms with Crippen molar-refractivity contribution in [2.45, 2.75) is 51.5 Å². The highest BCUT2D eigenvalue weighted by atomic mass is 35.5. The van der Waals surface area contributed by atoms with Gasteiger partial charge in [0.1, 0.15) is 11.6 Å². The van der Waals surface area contributed by atoms with Crippen molar-refractivity contribution in [3.05, 3.63) is 104 Å². The summed E-state index contributed by atoms with van der Waals surface area (Å²) >= 11 is 6.50. The van der Waals surface area contributed by atoms with Gasteiger partial charge in [0.2, 0.25) is 10.0 Å². The minimum Gasteiger partial charge on any atom is -0.424 e. The van der Waals surface area contributed by atoms with Gasteiger partial charge in [-0.1, -0.05) is 79.9 Å². The number of ether oxygens (including phenoxy) is 1. The van der Waals surface area contributed by atoms with Gasteiger partial charge in [-0.3, -0.25) is 0 Å². The van der Waals surface area contributed by atoms with E-state index in [4.69, 9.17) is 20.8 Å². The van der Waals surface area contributed by atoms with Crippen molar-refractivity contribution in [1.29, 1.82) is 0 Å². The van der Waals surface area contributed by atoms with Crippen LogP contribution in [-0.2, 0) is 21.2 Å². The van der Waals surface area contributed by atoms with E-state index in [1.165, 1.54) is 18.2 Å². The molecule has 0 unspecified atom stereocenters. The smallest absolute Gasteiger partial charge is 0.340 e. The monoisotopic (exact) mass is 567 g/mol. The predicted molar refractivity (Wildman–Crippen MR) is 152 cm³/mol. The first-order valence-electron chi connectivity index (χ1n) is 12.6. The number of fused-ring (bicyclic) bond motifs is 1. The van der Waals surface area contributed by atoms with Crippen molar-refractivity contribution in [3.8, 4) is 5.75 Å². The van der Waals surface area contributed by atoms with E-state index < -0.39 is 27.7 Å². The Morgan fingerprint density at radius 1 is 1.05 bits per heavy atom.